The first-order valence-corrected chi connectivity index (χ1v) is 7.11. The summed E-state index contributed by atoms with van der Waals surface area (Å²) < 4.78 is 0. The maximum atomic E-state index is 10.5. The Hall–Kier alpha value is -0.650. The monoisotopic (exact) mass is 255 g/mol. The van der Waals surface area contributed by atoms with Crippen LogP contribution in [0.4, 0.5) is 0 Å². The van der Waals surface area contributed by atoms with E-state index < -0.39 is 5.97 Å². The number of hydrogen-bond acceptors (Lipinski definition) is 4. The maximum absolute atomic E-state index is 10.5. The van der Waals surface area contributed by atoms with Crippen molar-refractivity contribution in [2.75, 3.05) is 52.4 Å². The van der Waals surface area contributed by atoms with Crippen LogP contribution in [-0.2, 0) is 4.79 Å². The van der Waals surface area contributed by atoms with Crippen LogP contribution in [0.3, 0.4) is 0 Å². The molecule has 0 saturated carbocycles. The van der Waals surface area contributed by atoms with Crippen LogP contribution in [-0.4, -0.2) is 73.2 Å². The van der Waals surface area contributed by atoms with Crippen LogP contribution in [0.1, 0.15) is 19.3 Å². The van der Waals surface area contributed by atoms with E-state index in [0.29, 0.717) is 0 Å². The van der Waals surface area contributed by atoms with Crippen molar-refractivity contribution < 1.29 is 9.90 Å². The molecule has 0 aromatic carbocycles. The minimum atomic E-state index is -0.682. The van der Waals surface area contributed by atoms with Crippen molar-refractivity contribution in [2.24, 2.45) is 5.92 Å². The highest BCUT2D eigenvalue weighted by Crippen LogP contribution is 2.18. The molecule has 0 aromatic heterocycles. The lowest BCUT2D eigenvalue weighted by Crippen LogP contribution is -2.47. The van der Waals surface area contributed by atoms with Crippen LogP contribution in [0.15, 0.2) is 0 Å². The van der Waals surface area contributed by atoms with E-state index in [9.17, 15) is 4.79 Å². The van der Waals surface area contributed by atoms with Crippen LogP contribution in [0.5, 0.6) is 0 Å². The van der Waals surface area contributed by atoms with E-state index in [2.05, 4.69) is 15.1 Å². The highest BCUT2D eigenvalue weighted by atomic mass is 16.4. The first-order chi connectivity index (χ1) is 8.74. The van der Waals surface area contributed by atoms with Crippen LogP contribution >= 0.6 is 0 Å². The van der Waals surface area contributed by atoms with Gasteiger partial charge in [0, 0.05) is 39.3 Å². The second-order valence-electron chi connectivity index (χ2n) is 5.48. The zero-order valence-corrected chi connectivity index (χ0v) is 11.1. The first-order valence-electron chi connectivity index (χ1n) is 7.11. The van der Waals surface area contributed by atoms with Crippen molar-refractivity contribution in [1.82, 2.24) is 15.1 Å². The van der Waals surface area contributed by atoms with Gasteiger partial charge in [-0.25, -0.2) is 0 Å². The van der Waals surface area contributed by atoms with E-state index in [0.717, 1.165) is 38.6 Å². The lowest BCUT2D eigenvalue weighted by atomic mass is 9.96. The van der Waals surface area contributed by atoms with Gasteiger partial charge in [-0.1, -0.05) is 0 Å². The highest BCUT2D eigenvalue weighted by Gasteiger charge is 2.22. The number of nitrogens with one attached hydrogen (secondary N) is 1. The van der Waals surface area contributed by atoms with Gasteiger partial charge in [0.25, 0.3) is 0 Å². The number of rotatable bonds is 5. The van der Waals surface area contributed by atoms with Crippen molar-refractivity contribution in [2.45, 2.75) is 19.3 Å². The summed E-state index contributed by atoms with van der Waals surface area (Å²) in [5.41, 5.74) is 0. The molecule has 0 aliphatic carbocycles. The quantitative estimate of drug-likeness (QED) is 0.728. The van der Waals surface area contributed by atoms with Gasteiger partial charge < -0.3 is 20.2 Å². The molecular weight excluding hydrogens is 230 g/mol. The Bertz CT molecular complexity index is 259. The predicted molar refractivity (Wildman–Crippen MR) is 70.7 cm³/mol. The third-order valence-electron chi connectivity index (χ3n) is 4.08. The molecule has 2 heterocycles. The van der Waals surface area contributed by atoms with E-state index >= 15 is 0 Å². The summed E-state index contributed by atoms with van der Waals surface area (Å²) in [5.74, 6) is 0.127. The average Bonchev–Trinajstić information content (AvgIpc) is 2.39. The number of piperazine rings is 1. The molecule has 2 aliphatic heterocycles. The predicted octanol–water partition coefficient (Wildman–Crippen LogP) is 0.0783. The zero-order chi connectivity index (χ0) is 12.8. The molecule has 5 heteroatoms. The number of carbonyl (C=O) groups is 1. The van der Waals surface area contributed by atoms with Crippen molar-refractivity contribution in [3.63, 3.8) is 0 Å². The van der Waals surface area contributed by atoms with E-state index in [1.54, 1.807) is 0 Å². The Balaban J connectivity index is 1.62. The van der Waals surface area contributed by atoms with Crippen LogP contribution in [0.2, 0.25) is 0 Å². The van der Waals surface area contributed by atoms with E-state index in [1.807, 2.05) is 0 Å². The Labute approximate surface area is 109 Å². The third-order valence-corrected chi connectivity index (χ3v) is 4.08. The van der Waals surface area contributed by atoms with Crippen molar-refractivity contribution in [3.8, 4) is 0 Å². The fraction of sp³-hybridized carbons (Fsp3) is 0.923. The summed E-state index contributed by atoms with van der Waals surface area (Å²) >= 11 is 0. The molecule has 104 valence electrons. The number of carboxylic acid groups (broad SMARTS) is 1. The molecule has 0 aromatic rings. The molecule has 0 radical (unpaired) electrons. The summed E-state index contributed by atoms with van der Waals surface area (Å²) in [6.07, 6.45) is 2.73. The lowest BCUT2D eigenvalue weighted by molar-refractivity contribution is -0.137. The van der Waals surface area contributed by atoms with Crippen molar-refractivity contribution >= 4 is 5.97 Å². The normalized spacial score (nSPS) is 24.2. The Kier molecular flexibility index (Phi) is 5.41. The number of nitrogens with zero attached hydrogens (tertiary/aromatic N) is 2. The zero-order valence-electron chi connectivity index (χ0n) is 11.1. The molecule has 0 bridgehead atoms. The number of likely N-dealkylation sites (tertiary alicyclic amines) is 1. The van der Waals surface area contributed by atoms with E-state index in [-0.39, 0.29) is 6.42 Å². The van der Waals surface area contributed by atoms with Crippen molar-refractivity contribution in [1.29, 1.82) is 0 Å². The molecule has 2 rings (SSSR count). The number of piperidine rings is 1. The molecule has 0 amide bonds. The van der Waals surface area contributed by atoms with Gasteiger partial charge in [0.05, 0.1) is 6.42 Å². The van der Waals surface area contributed by atoms with Gasteiger partial charge in [0.2, 0.25) is 0 Å². The van der Waals surface area contributed by atoms with Gasteiger partial charge in [0.15, 0.2) is 0 Å². The van der Waals surface area contributed by atoms with Gasteiger partial charge in [-0.3, -0.25) is 4.79 Å². The second kappa shape index (κ2) is 7.07. The van der Waals surface area contributed by atoms with Crippen molar-refractivity contribution in [3.05, 3.63) is 0 Å². The standard InChI is InChI=1S/C13H25N3O2/c17-13(18)3-8-15-6-1-12(2-7-15)11-16-9-4-14-5-10-16/h12,14H,1-11H2,(H,17,18). The van der Waals surface area contributed by atoms with Gasteiger partial charge >= 0.3 is 5.97 Å². The first kappa shape index (κ1) is 13.8. The Morgan fingerprint density at radius 3 is 2.39 bits per heavy atom. The van der Waals surface area contributed by atoms with Gasteiger partial charge in [-0.05, 0) is 31.8 Å². The fourth-order valence-corrected chi connectivity index (χ4v) is 2.91. The van der Waals surface area contributed by atoms with E-state index in [1.165, 1.54) is 32.5 Å². The van der Waals surface area contributed by atoms with Gasteiger partial charge in [0.1, 0.15) is 0 Å². The Morgan fingerprint density at radius 1 is 1.11 bits per heavy atom. The number of aliphatic carboxylic acids is 1. The van der Waals surface area contributed by atoms with Crippen LogP contribution in [0.25, 0.3) is 0 Å². The van der Waals surface area contributed by atoms with Crippen LogP contribution < -0.4 is 5.32 Å². The van der Waals surface area contributed by atoms with Gasteiger partial charge in [-0.15, -0.1) is 0 Å². The highest BCUT2D eigenvalue weighted by molar-refractivity contribution is 5.66. The summed E-state index contributed by atoms with van der Waals surface area (Å²) in [6, 6.07) is 0. The average molecular weight is 255 g/mol. The lowest BCUT2D eigenvalue weighted by Gasteiger charge is -2.36. The number of carboxylic acids is 1. The fourth-order valence-electron chi connectivity index (χ4n) is 2.91. The summed E-state index contributed by atoms with van der Waals surface area (Å²) in [7, 11) is 0. The molecule has 0 unspecified atom stereocenters. The smallest absolute Gasteiger partial charge is 0.304 e. The minimum absolute atomic E-state index is 0.280. The number of hydrogen-bond donors (Lipinski definition) is 2. The topological polar surface area (TPSA) is 55.8 Å². The minimum Gasteiger partial charge on any atom is -0.481 e. The molecular formula is C13H25N3O2. The summed E-state index contributed by atoms with van der Waals surface area (Å²) in [4.78, 5) is 15.4. The molecule has 5 nitrogen and oxygen atoms in total. The summed E-state index contributed by atoms with van der Waals surface area (Å²) in [6.45, 7) is 8.70. The Morgan fingerprint density at radius 2 is 1.78 bits per heavy atom. The van der Waals surface area contributed by atoms with Gasteiger partial charge in [-0.2, -0.15) is 0 Å². The second-order valence-corrected chi connectivity index (χ2v) is 5.48. The SMILES string of the molecule is O=C(O)CCN1CCC(CN2CCNCC2)CC1. The molecule has 0 spiro atoms. The molecule has 2 saturated heterocycles. The molecule has 2 N–H and O–H groups in total. The molecule has 18 heavy (non-hydrogen) atoms. The molecule has 2 aliphatic rings. The largest absolute Gasteiger partial charge is 0.481 e. The maximum Gasteiger partial charge on any atom is 0.304 e. The summed E-state index contributed by atoms with van der Waals surface area (Å²) in [5, 5.41) is 12.1. The van der Waals surface area contributed by atoms with E-state index in [4.69, 9.17) is 5.11 Å². The molecule has 2 fully saturated rings. The van der Waals surface area contributed by atoms with Crippen LogP contribution in [0, 0.1) is 5.92 Å². The molecule has 0 atom stereocenters. The third kappa shape index (κ3) is 4.55.